The highest BCUT2D eigenvalue weighted by Crippen LogP contribution is 2.59. The van der Waals surface area contributed by atoms with Gasteiger partial charge in [-0.3, -0.25) is 0 Å². The van der Waals surface area contributed by atoms with E-state index in [2.05, 4.69) is 0 Å². The summed E-state index contributed by atoms with van der Waals surface area (Å²) >= 11 is 0. The van der Waals surface area contributed by atoms with Gasteiger partial charge in [-0.15, -0.1) is 0 Å². The molecule has 4 atom stereocenters. The Kier molecular flexibility index (Phi) is 0.472. The fraction of sp³-hybridized carbons (Fsp3) is 1.00. The Labute approximate surface area is 49.0 Å². The molecule has 0 spiro atoms. The molecular weight excluding hydrogens is 100 g/mol. The summed E-state index contributed by atoms with van der Waals surface area (Å²) in [6.45, 7) is 1.09. The van der Waals surface area contributed by atoms with Gasteiger partial charge in [0.15, 0.2) is 0 Å². The third-order valence-electron chi connectivity index (χ3n) is 3.24. The zero-order chi connectivity index (χ0) is 5.14. The van der Waals surface area contributed by atoms with Crippen molar-refractivity contribution in [3.63, 3.8) is 0 Å². The Hall–Kier alpha value is -0.0400. The zero-order valence-electron chi connectivity index (χ0n) is 4.84. The second-order valence-electron chi connectivity index (χ2n) is 3.43. The molecule has 44 valence electrons. The SMILES string of the molecule is C1OC2CC3C1C[C@H]23. The summed E-state index contributed by atoms with van der Waals surface area (Å²) in [5.41, 5.74) is 0. The molecule has 3 heterocycles. The number of hydrogen-bond donors (Lipinski definition) is 0. The fourth-order valence-electron chi connectivity index (χ4n) is 2.53. The quantitative estimate of drug-likeness (QED) is 0.452. The Balaban J connectivity index is 1.96. The molecule has 0 aromatic carbocycles. The topological polar surface area (TPSA) is 9.23 Å². The van der Waals surface area contributed by atoms with Gasteiger partial charge in [-0.1, -0.05) is 0 Å². The van der Waals surface area contributed by atoms with Crippen molar-refractivity contribution in [3.8, 4) is 0 Å². The lowest BCUT2D eigenvalue weighted by Gasteiger charge is -2.62. The Bertz CT molecular complexity index is 100. The molecule has 5 rings (SSSR count). The largest absolute Gasteiger partial charge is 0.378 e. The molecule has 0 aromatic rings. The van der Waals surface area contributed by atoms with Crippen molar-refractivity contribution in [2.75, 3.05) is 6.61 Å². The summed E-state index contributed by atoms with van der Waals surface area (Å²) in [7, 11) is 0. The third kappa shape index (κ3) is 0.235. The van der Waals surface area contributed by atoms with Gasteiger partial charge in [-0.25, -0.2) is 0 Å². The average Bonchev–Trinajstić information content (AvgIpc) is 1.84. The first-order chi connectivity index (χ1) is 3.95. The molecule has 0 amide bonds. The van der Waals surface area contributed by atoms with Crippen molar-refractivity contribution >= 4 is 0 Å². The van der Waals surface area contributed by atoms with Gasteiger partial charge < -0.3 is 4.74 Å². The highest BCUT2D eigenvalue weighted by atomic mass is 16.5. The molecule has 1 nitrogen and oxygen atoms in total. The van der Waals surface area contributed by atoms with Crippen LogP contribution in [-0.4, -0.2) is 12.7 Å². The van der Waals surface area contributed by atoms with Gasteiger partial charge in [-0.2, -0.15) is 0 Å². The first-order valence-corrected chi connectivity index (χ1v) is 3.57. The summed E-state index contributed by atoms with van der Waals surface area (Å²) < 4.78 is 5.51. The minimum atomic E-state index is 0.713. The fourth-order valence-corrected chi connectivity index (χ4v) is 2.53. The first-order valence-electron chi connectivity index (χ1n) is 3.57. The monoisotopic (exact) mass is 110 g/mol. The molecule has 0 N–H and O–H groups in total. The highest BCUT2D eigenvalue weighted by Gasteiger charge is 2.58. The molecule has 5 fully saturated rings. The lowest BCUT2D eigenvalue weighted by molar-refractivity contribution is -0.249. The maximum atomic E-state index is 5.51. The van der Waals surface area contributed by atoms with Gasteiger partial charge in [0, 0.05) is 0 Å². The normalized spacial score (nSPS) is 66.0. The summed E-state index contributed by atoms with van der Waals surface area (Å²) in [5.74, 6) is 3.13. The summed E-state index contributed by atoms with van der Waals surface area (Å²) in [6.07, 6.45) is 3.61. The van der Waals surface area contributed by atoms with Crippen LogP contribution in [0.4, 0.5) is 0 Å². The Morgan fingerprint density at radius 3 is 2.25 bits per heavy atom. The summed E-state index contributed by atoms with van der Waals surface area (Å²) in [4.78, 5) is 0. The van der Waals surface area contributed by atoms with Gasteiger partial charge in [0.25, 0.3) is 0 Å². The van der Waals surface area contributed by atoms with Crippen LogP contribution < -0.4 is 0 Å². The molecule has 0 aromatic heterocycles. The van der Waals surface area contributed by atoms with Crippen molar-refractivity contribution in [1.29, 1.82) is 0 Å². The minimum Gasteiger partial charge on any atom is -0.378 e. The van der Waals surface area contributed by atoms with E-state index in [0.29, 0.717) is 6.10 Å². The van der Waals surface area contributed by atoms with E-state index in [1.54, 1.807) is 0 Å². The molecule has 8 heavy (non-hydrogen) atoms. The molecule has 2 saturated carbocycles. The minimum absolute atomic E-state index is 0.713. The average molecular weight is 110 g/mol. The lowest BCUT2D eigenvalue weighted by atomic mass is 9.50. The predicted octanol–water partition coefficient (Wildman–Crippen LogP) is 1.04. The van der Waals surface area contributed by atoms with Crippen LogP contribution in [0.2, 0.25) is 0 Å². The molecule has 2 aliphatic carbocycles. The van der Waals surface area contributed by atoms with Crippen LogP contribution in [0.5, 0.6) is 0 Å². The second-order valence-corrected chi connectivity index (χ2v) is 3.43. The number of ether oxygens (including phenoxy) is 1. The smallest absolute Gasteiger partial charge is 0.0609 e. The van der Waals surface area contributed by atoms with Crippen molar-refractivity contribution in [3.05, 3.63) is 0 Å². The van der Waals surface area contributed by atoms with Crippen molar-refractivity contribution in [2.45, 2.75) is 18.9 Å². The maximum Gasteiger partial charge on any atom is 0.0609 e. The van der Waals surface area contributed by atoms with Crippen molar-refractivity contribution in [1.82, 2.24) is 0 Å². The molecule has 0 radical (unpaired) electrons. The van der Waals surface area contributed by atoms with Crippen LogP contribution in [-0.2, 0) is 4.74 Å². The number of rotatable bonds is 0. The summed E-state index contributed by atoms with van der Waals surface area (Å²) in [6, 6.07) is 0. The standard InChI is InChI=1S/C7H10O/c1-4-3-8-7-2-5(4)6(1)7/h4-7H,1-3H2/t4?,5?,6-,7?/m0/s1. The van der Waals surface area contributed by atoms with E-state index < -0.39 is 0 Å². The van der Waals surface area contributed by atoms with Crippen LogP contribution in [0.15, 0.2) is 0 Å². The van der Waals surface area contributed by atoms with E-state index in [-0.39, 0.29) is 0 Å². The van der Waals surface area contributed by atoms with E-state index in [1.807, 2.05) is 0 Å². The van der Waals surface area contributed by atoms with E-state index in [1.165, 1.54) is 12.8 Å². The van der Waals surface area contributed by atoms with Gasteiger partial charge >= 0.3 is 0 Å². The van der Waals surface area contributed by atoms with Crippen molar-refractivity contribution in [2.24, 2.45) is 17.8 Å². The van der Waals surface area contributed by atoms with E-state index >= 15 is 0 Å². The predicted molar refractivity (Wildman–Crippen MR) is 29.4 cm³/mol. The van der Waals surface area contributed by atoms with Gasteiger partial charge in [0.05, 0.1) is 12.7 Å². The molecule has 3 unspecified atom stereocenters. The van der Waals surface area contributed by atoms with Crippen LogP contribution in [0.1, 0.15) is 12.8 Å². The Morgan fingerprint density at radius 1 is 1.12 bits per heavy atom. The van der Waals surface area contributed by atoms with Crippen LogP contribution >= 0.6 is 0 Å². The first kappa shape index (κ1) is 3.89. The van der Waals surface area contributed by atoms with Gasteiger partial charge in [-0.05, 0) is 30.6 Å². The molecule has 3 saturated heterocycles. The highest BCUT2D eigenvalue weighted by molar-refractivity contribution is 5.06. The second kappa shape index (κ2) is 0.971. The molecular formula is C7H10O. The van der Waals surface area contributed by atoms with E-state index in [4.69, 9.17) is 4.74 Å². The van der Waals surface area contributed by atoms with E-state index in [0.717, 1.165) is 24.4 Å². The Morgan fingerprint density at radius 2 is 2.12 bits per heavy atom. The van der Waals surface area contributed by atoms with Crippen molar-refractivity contribution < 1.29 is 4.74 Å². The third-order valence-corrected chi connectivity index (χ3v) is 3.24. The van der Waals surface area contributed by atoms with Crippen LogP contribution in [0.3, 0.4) is 0 Å². The van der Waals surface area contributed by atoms with Crippen LogP contribution in [0.25, 0.3) is 0 Å². The summed E-state index contributed by atoms with van der Waals surface area (Å²) in [5, 5.41) is 0. The van der Waals surface area contributed by atoms with E-state index in [9.17, 15) is 0 Å². The molecule has 3 aliphatic heterocycles. The van der Waals surface area contributed by atoms with Gasteiger partial charge in [0.2, 0.25) is 0 Å². The molecule has 5 aliphatic rings. The molecule has 1 heteroatoms. The number of hydrogen-bond acceptors (Lipinski definition) is 1. The zero-order valence-corrected chi connectivity index (χ0v) is 4.84. The van der Waals surface area contributed by atoms with Gasteiger partial charge in [0.1, 0.15) is 0 Å². The molecule has 4 bridgehead atoms. The van der Waals surface area contributed by atoms with Crippen LogP contribution in [0, 0.1) is 17.8 Å². The lowest BCUT2D eigenvalue weighted by Crippen LogP contribution is -2.62. The maximum absolute atomic E-state index is 5.51.